The first kappa shape index (κ1) is 9.15. The van der Waals surface area contributed by atoms with Crippen molar-refractivity contribution >= 4 is 17.3 Å². The summed E-state index contributed by atoms with van der Waals surface area (Å²) in [4.78, 5) is 10.8. The van der Waals surface area contributed by atoms with E-state index in [1.165, 1.54) is 11.3 Å². The lowest BCUT2D eigenvalue weighted by Crippen LogP contribution is -2.17. The van der Waals surface area contributed by atoms with Crippen LogP contribution in [0, 0.1) is 0 Å². The summed E-state index contributed by atoms with van der Waals surface area (Å²) in [5, 5.41) is 9.93. The van der Waals surface area contributed by atoms with Gasteiger partial charge in [-0.2, -0.15) is 0 Å². The van der Waals surface area contributed by atoms with E-state index < -0.39 is 12.3 Å². The SMILES string of the molecule is O=C(O)C(F)OCc1cccs1. The fraction of sp³-hybridized carbons (Fsp3) is 0.286. The van der Waals surface area contributed by atoms with E-state index in [1.54, 1.807) is 12.1 Å². The molecule has 66 valence electrons. The van der Waals surface area contributed by atoms with Crippen molar-refractivity contribution in [1.82, 2.24) is 0 Å². The molecule has 1 aromatic heterocycles. The molecular weight excluding hydrogens is 183 g/mol. The summed E-state index contributed by atoms with van der Waals surface area (Å²) in [5.74, 6) is -1.59. The van der Waals surface area contributed by atoms with Crippen molar-refractivity contribution in [3.63, 3.8) is 0 Å². The van der Waals surface area contributed by atoms with Gasteiger partial charge in [-0.15, -0.1) is 11.3 Å². The van der Waals surface area contributed by atoms with Crippen LogP contribution in [-0.2, 0) is 16.1 Å². The summed E-state index contributed by atoms with van der Waals surface area (Å²) in [5.41, 5.74) is 0. The molecule has 0 radical (unpaired) electrons. The Bertz CT molecular complexity index is 247. The van der Waals surface area contributed by atoms with Crippen LogP contribution in [0.2, 0.25) is 0 Å². The number of ether oxygens (including phenoxy) is 1. The lowest BCUT2D eigenvalue weighted by Gasteiger charge is -2.02. The molecule has 0 bridgehead atoms. The average molecular weight is 190 g/mol. The van der Waals surface area contributed by atoms with Crippen molar-refractivity contribution in [2.75, 3.05) is 0 Å². The van der Waals surface area contributed by atoms with E-state index in [4.69, 9.17) is 5.11 Å². The summed E-state index contributed by atoms with van der Waals surface area (Å²) in [6, 6.07) is 3.54. The Morgan fingerprint density at radius 2 is 2.58 bits per heavy atom. The Morgan fingerprint density at radius 3 is 3.08 bits per heavy atom. The molecule has 0 aliphatic heterocycles. The van der Waals surface area contributed by atoms with Gasteiger partial charge >= 0.3 is 5.97 Å². The van der Waals surface area contributed by atoms with Crippen LogP contribution >= 0.6 is 11.3 Å². The molecule has 0 saturated heterocycles. The second kappa shape index (κ2) is 4.18. The highest BCUT2D eigenvalue weighted by Crippen LogP contribution is 2.11. The smallest absolute Gasteiger partial charge is 0.366 e. The molecule has 0 aliphatic carbocycles. The van der Waals surface area contributed by atoms with Gasteiger partial charge in [-0.25, -0.2) is 9.18 Å². The Labute approximate surface area is 72.4 Å². The zero-order valence-corrected chi connectivity index (χ0v) is 6.88. The van der Waals surface area contributed by atoms with Gasteiger partial charge in [-0.1, -0.05) is 6.07 Å². The quantitative estimate of drug-likeness (QED) is 0.785. The van der Waals surface area contributed by atoms with E-state index in [2.05, 4.69) is 4.74 Å². The molecule has 0 fully saturated rings. The molecule has 1 atom stereocenters. The van der Waals surface area contributed by atoms with Gasteiger partial charge in [0.1, 0.15) is 0 Å². The highest BCUT2D eigenvalue weighted by Gasteiger charge is 2.15. The molecule has 5 heteroatoms. The predicted octanol–water partition coefficient (Wildman–Crippen LogP) is 1.64. The molecule has 1 N–H and O–H groups in total. The minimum atomic E-state index is -2.23. The van der Waals surface area contributed by atoms with Gasteiger partial charge in [0, 0.05) is 4.88 Å². The van der Waals surface area contributed by atoms with Gasteiger partial charge in [-0.05, 0) is 11.4 Å². The van der Waals surface area contributed by atoms with E-state index >= 15 is 0 Å². The number of aliphatic carboxylic acids is 1. The first-order chi connectivity index (χ1) is 5.70. The third kappa shape index (κ3) is 2.60. The van der Waals surface area contributed by atoms with E-state index in [9.17, 15) is 9.18 Å². The number of thiophene rings is 1. The topological polar surface area (TPSA) is 46.5 Å². The number of hydrogen-bond donors (Lipinski definition) is 1. The maximum Gasteiger partial charge on any atom is 0.366 e. The maximum atomic E-state index is 12.3. The van der Waals surface area contributed by atoms with Crippen LogP contribution in [0.1, 0.15) is 4.88 Å². The van der Waals surface area contributed by atoms with Crippen molar-refractivity contribution in [1.29, 1.82) is 0 Å². The third-order valence-electron chi connectivity index (χ3n) is 1.15. The molecule has 1 rings (SSSR count). The van der Waals surface area contributed by atoms with Crippen molar-refractivity contribution in [2.45, 2.75) is 13.0 Å². The normalized spacial score (nSPS) is 12.8. The first-order valence-electron chi connectivity index (χ1n) is 3.21. The Morgan fingerprint density at radius 1 is 1.83 bits per heavy atom. The molecule has 0 aliphatic rings. The Hall–Kier alpha value is -0.940. The van der Waals surface area contributed by atoms with E-state index in [1.807, 2.05) is 5.38 Å². The van der Waals surface area contributed by atoms with Gasteiger partial charge in [0.05, 0.1) is 6.61 Å². The number of carbonyl (C=O) groups is 1. The molecule has 1 aromatic rings. The van der Waals surface area contributed by atoms with Crippen LogP contribution < -0.4 is 0 Å². The lowest BCUT2D eigenvalue weighted by atomic mass is 10.5. The number of alkyl halides is 1. The fourth-order valence-electron chi connectivity index (χ4n) is 0.621. The third-order valence-corrected chi connectivity index (χ3v) is 2.00. The summed E-state index contributed by atoms with van der Waals surface area (Å²) in [6.07, 6.45) is -2.23. The number of carboxylic acids is 1. The average Bonchev–Trinajstić information content (AvgIpc) is 2.51. The molecule has 0 amide bonds. The van der Waals surface area contributed by atoms with Crippen LogP contribution in [0.5, 0.6) is 0 Å². The minimum absolute atomic E-state index is 0.00509. The number of carboxylic acid groups (broad SMARTS) is 1. The first-order valence-corrected chi connectivity index (χ1v) is 4.09. The lowest BCUT2D eigenvalue weighted by molar-refractivity contribution is -0.164. The summed E-state index contributed by atoms with van der Waals surface area (Å²) >= 11 is 1.39. The van der Waals surface area contributed by atoms with Gasteiger partial charge in [0.2, 0.25) is 0 Å². The Balaban J connectivity index is 2.31. The maximum absolute atomic E-state index is 12.3. The second-order valence-corrected chi connectivity index (χ2v) is 3.08. The van der Waals surface area contributed by atoms with Gasteiger partial charge in [0.15, 0.2) is 0 Å². The van der Waals surface area contributed by atoms with Crippen molar-refractivity contribution < 1.29 is 19.0 Å². The standard InChI is InChI=1S/C7H7FO3S/c8-6(7(9)10)11-4-5-2-1-3-12-5/h1-3,6H,4H2,(H,9,10). The van der Waals surface area contributed by atoms with Crippen molar-refractivity contribution in [3.8, 4) is 0 Å². The zero-order chi connectivity index (χ0) is 8.97. The molecular formula is C7H7FO3S. The molecule has 0 saturated carbocycles. The fourth-order valence-corrected chi connectivity index (χ4v) is 1.25. The number of rotatable bonds is 4. The molecule has 1 unspecified atom stereocenters. The highest BCUT2D eigenvalue weighted by molar-refractivity contribution is 7.09. The number of hydrogen-bond acceptors (Lipinski definition) is 3. The molecule has 1 heterocycles. The van der Waals surface area contributed by atoms with Gasteiger partial charge in [0.25, 0.3) is 6.36 Å². The molecule has 0 aromatic carbocycles. The zero-order valence-electron chi connectivity index (χ0n) is 6.07. The molecule has 12 heavy (non-hydrogen) atoms. The van der Waals surface area contributed by atoms with Crippen LogP contribution in [0.15, 0.2) is 17.5 Å². The molecule has 0 spiro atoms. The summed E-state index contributed by atoms with van der Waals surface area (Å²) in [6.45, 7) is 0.00509. The molecule has 3 nitrogen and oxygen atoms in total. The highest BCUT2D eigenvalue weighted by atomic mass is 32.1. The van der Waals surface area contributed by atoms with E-state index in [0.29, 0.717) is 0 Å². The van der Waals surface area contributed by atoms with Crippen LogP contribution in [-0.4, -0.2) is 17.4 Å². The van der Waals surface area contributed by atoms with Gasteiger partial charge in [-0.3, -0.25) is 0 Å². The van der Waals surface area contributed by atoms with Crippen LogP contribution in [0.4, 0.5) is 4.39 Å². The number of halogens is 1. The van der Waals surface area contributed by atoms with Crippen LogP contribution in [0.25, 0.3) is 0 Å². The van der Waals surface area contributed by atoms with E-state index in [-0.39, 0.29) is 6.61 Å². The predicted molar refractivity (Wildman–Crippen MR) is 41.6 cm³/mol. The minimum Gasteiger partial charge on any atom is -0.477 e. The van der Waals surface area contributed by atoms with Crippen molar-refractivity contribution in [3.05, 3.63) is 22.4 Å². The summed E-state index contributed by atoms with van der Waals surface area (Å²) < 4.78 is 16.7. The Kier molecular flexibility index (Phi) is 3.19. The van der Waals surface area contributed by atoms with E-state index in [0.717, 1.165) is 4.88 Å². The second-order valence-electron chi connectivity index (χ2n) is 2.04. The van der Waals surface area contributed by atoms with Gasteiger partial charge < -0.3 is 9.84 Å². The van der Waals surface area contributed by atoms with Crippen LogP contribution in [0.3, 0.4) is 0 Å². The van der Waals surface area contributed by atoms with Crippen molar-refractivity contribution in [2.24, 2.45) is 0 Å². The largest absolute Gasteiger partial charge is 0.477 e. The summed E-state index contributed by atoms with van der Waals surface area (Å²) in [7, 11) is 0. The monoisotopic (exact) mass is 190 g/mol.